The Morgan fingerprint density at radius 1 is 1.37 bits per heavy atom. The zero-order valence-corrected chi connectivity index (χ0v) is 11.3. The minimum Gasteiger partial charge on any atom is -0.394 e. The lowest BCUT2D eigenvalue weighted by Gasteiger charge is -2.09. The first-order valence-electron chi connectivity index (χ1n) is 5.99. The lowest BCUT2D eigenvalue weighted by Crippen LogP contribution is -2.25. The van der Waals surface area contributed by atoms with Gasteiger partial charge in [0.05, 0.1) is 38.2 Å². The van der Waals surface area contributed by atoms with Gasteiger partial charge < -0.3 is 20.3 Å². The van der Waals surface area contributed by atoms with E-state index < -0.39 is 5.56 Å². The van der Waals surface area contributed by atoms with Gasteiger partial charge in [0.2, 0.25) is 0 Å². The Hall–Kier alpha value is -1.15. The molecule has 3 N–H and O–H groups in total. The minimum absolute atomic E-state index is 0.00621. The van der Waals surface area contributed by atoms with Crippen molar-refractivity contribution in [1.82, 2.24) is 9.78 Å². The van der Waals surface area contributed by atoms with Gasteiger partial charge in [0, 0.05) is 13.2 Å². The largest absolute Gasteiger partial charge is 0.394 e. The zero-order valence-electron chi connectivity index (χ0n) is 10.5. The molecule has 0 aliphatic rings. The normalized spacial score (nSPS) is 10.7. The fourth-order valence-electron chi connectivity index (χ4n) is 1.41. The van der Waals surface area contributed by atoms with E-state index in [1.54, 1.807) is 0 Å². The summed E-state index contributed by atoms with van der Waals surface area (Å²) < 4.78 is 6.20. The molecule has 0 aliphatic heterocycles. The third kappa shape index (κ3) is 5.15. The Bertz CT molecular complexity index is 438. The van der Waals surface area contributed by atoms with E-state index in [-0.39, 0.29) is 24.8 Å². The molecule has 0 fully saturated rings. The molecule has 1 rings (SSSR count). The molecule has 1 heterocycles. The number of nitrogens with zero attached hydrogens (tertiary/aromatic N) is 2. The van der Waals surface area contributed by atoms with Gasteiger partial charge in [0.15, 0.2) is 0 Å². The van der Waals surface area contributed by atoms with E-state index >= 15 is 0 Å². The van der Waals surface area contributed by atoms with Gasteiger partial charge >= 0.3 is 0 Å². The number of aromatic nitrogens is 2. The molecule has 0 unspecified atom stereocenters. The Morgan fingerprint density at radius 3 is 2.84 bits per heavy atom. The fraction of sp³-hybridized carbons (Fsp3) is 0.636. The highest BCUT2D eigenvalue weighted by molar-refractivity contribution is 6.32. The van der Waals surface area contributed by atoms with Crippen LogP contribution < -0.4 is 10.9 Å². The Kier molecular flexibility index (Phi) is 7.42. The van der Waals surface area contributed by atoms with Gasteiger partial charge in [0.1, 0.15) is 5.02 Å². The molecule has 0 spiro atoms. The van der Waals surface area contributed by atoms with Crippen molar-refractivity contribution in [3.8, 4) is 0 Å². The summed E-state index contributed by atoms with van der Waals surface area (Å²) in [5, 5.41) is 24.2. The molecule has 7 nitrogen and oxygen atoms in total. The Labute approximate surface area is 115 Å². The quantitative estimate of drug-likeness (QED) is 0.541. The fourth-order valence-corrected chi connectivity index (χ4v) is 1.62. The summed E-state index contributed by atoms with van der Waals surface area (Å²) in [6.07, 6.45) is 2.17. The first-order valence-corrected chi connectivity index (χ1v) is 6.37. The number of halogens is 1. The van der Waals surface area contributed by atoms with Gasteiger partial charge in [0.25, 0.3) is 5.56 Å². The molecular weight excluding hydrogens is 274 g/mol. The van der Waals surface area contributed by atoms with Crippen LogP contribution in [0, 0.1) is 0 Å². The standard InChI is InChI=1S/C11H18ClN3O4/c12-10-9(13-2-1-6-19-7-5-17)8-14-15(3-4-16)11(10)18/h8,13,16-17H,1-7H2. The number of hydrogen-bond donors (Lipinski definition) is 3. The Morgan fingerprint density at radius 2 is 2.16 bits per heavy atom. The van der Waals surface area contributed by atoms with Gasteiger partial charge in [-0.3, -0.25) is 4.79 Å². The van der Waals surface area contributed by atoms with Gasteiger partial charge in [-0.1, -0.05) is 11.6 Å². The third-order valence-electron chi connectivity index (χ3n) is 2.31. The monoisotopic (exact) mass is 291 g/mol. The highest BCUT2D eigenvalue weighted by Crippen LogP contribution is 2.14. The molecule has 0 saturated heterocycles. The molecule has 8 heteroatoms. The average molecular weight is 292 g/mol. The number of rotatable bonds is 9. The first kappa shape index (κ1) is 15.9. The molecule has 19 heavy (non-hydrogen) atoms. The summed E-state index contributed by atoms with van der Waals surface area (Å²) in [6.45, 7) is 1.37. The van der Waals surface area contributed by atoms with Crippen LogP contribution in [0.25, 0.3) is 0 Å². The molecule has 0 radical (unpaired) electrons. The summed E-state index contributed by atoms with van der Waals surface area (Å²) in [5.41, 5.74) is 0.0280. The van der Waals surface area contributed by atoms with E-state index in [4.69, 9.17) is 26.6 Å². The zero-order chi connectivity index (χ0) is 14.1. The molecule has 1 aromatic heterocycles. The predicted octanol–water partition coefficient (Wildman–Crippen LogP) is -0.300. The lowest BCUT2D eigenvalue weighted by atomic mass is 10.4. The first-order chi connectivity index (χ1) is 9.20. The second-order valence-electron chi connectivity index (χ2n) is 3.74. The highest BCUT2D eigenvalue weighted by Gasteiger charge is 2.08. The summed E-state index contributed by atoms with van der Waals surface area (Å²) in [5.74, 6) is 0. The lowest BCUT2D eigenvalue weighted by molar-refractivity contribution is 0.0922. The maximum Gasteiger partial charge on any atom is 0.287 e. The predicted molar refractivity (Wildman–Crippen MR) is 71.6 cm³/mol. The van der Waals surface area contributed by atoms with Crippen molar-refractivity contribution in [3.63, 3.8) is 0 Å². The van der Waals surface area contributed by atoms with E-state index in [0.717, 1.165) is 11.1 Å². The van der Waals surface area contributed by atoms with E-state index in [0.29, 0.717) is 25.4 Å². The van der Waals surface area contributed by atoms with Crippen molar-refractivity contribution in [2.75, 3.05) is 38.3 Å². The third-order valence-corrected chi connectivity index (χ3v) is 2.68. The van der Waals surface area contributed by atoms with Crippen LogP contribution in [-0.4, -0.2) is 53.0 Å². The molecule has 0 aliphatic carbocycles. The van der Waals surface area contributed by atoms with Crippen molar-refractivity contribution in [2.45, 2.75) is 13.0 Å². The number of nitrogens with one attached hydrogen (secondary N) is 1. The van der Waals surface area contributed by atoms with E-state index in [9.17, 15) is 4.79 Å². The molecular formula is C11H18ClN3O4. The molecule has 108 valence electrons. The topological polar surface area (TPSA) is 96.6 Å². The van der Waals surface area contributed by atoms with Gasteiger partial charge in [-0.25, -0.2) is 4.68 Å². The van der Waals surface area contributed by atoms with Gasteiger partial charge in [-0.15, -0.1) is 0 Å². The molecule has 0 amide bonds. The van der Waals surface area contributed by atoms with Crippen LogP contribution in [0.4, 0.5) is 5.69 Å². The summed E-state index contributed by atoms with van der Waals surface area (Å²) in [6, 6.07) is 0. The summed E-state index contributed by atoms with van der Waals surface area (Å²) in [4.78, 5) is 11.7. The van der Waals surface area contributed by atoms with Crippen LogP contribution in [0.3, 0.4) is 0 Å². The van der Waals surface area contributed by atoms with Crippen LogP contribution in [0.15, 0.2) is 11.0 Å². The number of aliphatic hydroxyl groups is 2. The summed E-state index contributed by atoms with van der Waals surface area (Å²) in [7, 11) is 0. The van der Waals surface area contributed by atoms with Crippen LogP contribution in [0.2, 0.25) is 5.02 Å². The second-order valence-corrected chi connectivity index (χ2v) is 4.12. The van der Waals surface area contributed by atoms with Crippen molar-refractivity contribution in [2.24, 2.45) is 0 Å². The maximum absolute atomic E-state index is 11.7. The molecule has 0 atom stereocenters. The van der Waals surface area contributed by atoms with Crippen molar-refractivity contribution in [3.05, 3.63) is 21.6 Å². The SMILES string of the molecule is O=c1c(Cl)c(NCCCOCCO)cnn1CCO. The van der Waals surface area contributed by atoms with Crippen LogP contribution in [-0.2, 0) is 11.3 Å². The number of aliphatic hydroxyl groups excluding tert-OH is 2. The smallest absolute Gasteiger partial charge is 0.287 e. The molecule has 1 aromatic rings. The van der Waals surface area contributed by atoms with Crippen molar-refractivity contribution in [1.29, 1.82) is 0 Å². The molecule has 0 saturated carbocycles. The Balaban J connectivity index is 2.46. The number of anilines is 1. The molecule has 0 aromatic carbocycles. The molecule has 0 bridgehead atoms. The van der Waals surface area contributed by atoms with Crippen LogP contribution in [0.5, 0.6) is 0 Å². The maximum atomic E-state index is 11.7. The van der Waals surface area contributed by atoms with Crippen LogP contribution >= 0.6 is 11.6 Å². The minimum atomic E-state index is -0.433. The second kappa shape index (κ2) is 8.87. The van der Waals surface area contributed by atoms with Crippen molar-refractivity contribution >= 4 is 17.3 Å². The van der Waals surface area contributed by atoms with E-state index in [1.807, 2.05) is 0 Å². The van der Waals surface area contributed by atoms with Gasteiger partial charge in [-0.2, -0.15) is 5.10 Å². The average Bonchev–Trinajstić information content (AvgIpc) is 2.41. The summed E-state index contributed by atoms with van der Waals surface area (Å²) >= 11 is 5.91. The highest BCUT2D eigenvalue weighted by atomic mass is 35.5. The van der Waals surface area contributed by atoms with Gasteiger partial charge in [-0.05, 0) is 6.42 Å². The van der Waals surface area contributed by atoms with Crippen LogP contribution in [0.1, 0.15) is 6.42 Å². The number of ether oxygens (including phenoxy) is 1. The van der Waals surface area contributed by atoms with E-state index in [1.165, 1.54) is 6.20 Å². The van der Waals surface area contributed by atoms with E-state index in [2.05, 4.69) is 10.4 Å². The number of hydrogen-bond acceptors (Lipinski definition) is 6. The van der Waals surface area contributed by atoms with Crippen molar-refractivity contribution < 1.29 is 14.9 Å².